The van der Waals surface area contributed by atoms with Crippen LogP contribution in [0.3, 0.4) is 0 Å². The Morgan fingerprint density at radius 2 is 1.81 bits per heavy atom. The molecular weight excluding hydrogens is 360 g/mol. The van der Waals surface area contributed by atoms with Gasteiger partial charge in [0.25, 0.3) is 0 Å². The number of nitrogens with one attached hydrogen (secondary N) is 1. The minimum absolute atomic E-state index is 0.00854. The molecule has 0 saturated carbocycles. The third-order valence-electron chi connectivity index (χ3n) is 4.86. The normalized spacial score (nSPS) is 17.7. The molecule has 144 valence electrons. The van der Waals surface area contributed by atoms with Crippen LogP contribution in [-0.2, 0) is 21.2 Å². The fourth-order valence-corrected chi connectivity index (χ4v) is 4.57. The maximum absolute atomic E-state index is 12.4. The van der Waals surface area contributed by atoms with Gasteiger partial charge in [-0.3, -0.25) is 9.69 Å². The van der Waals surface area contributed by atoms with Crippen molar-refractivity contribution in [2.45, 2.75) is 37.2 Å². The molecule has 1 amide bonds. The molecule has 1 fully saturated rings. The molecule has 2 aromatic carbocycles. The van der Waals surface area contributed by atoms with Crippen molar-refractivity contribution >= 4 is 15.7 Å². The van der Waals surface area contributed by atoms with Gasteiger partial charge in [-0.1, -0.05) is 48.0 Å². The fourth-order valence-electron chi connectivity index (χ4n) is 3.33. The molecule has 1 atom stereocenters. The van der Waals surface area contributed by atoms with Crippen LogP contribution in [0.1, 0.15) is 24.0 Å². The van der Waals surface area contributed by atoms with Gasteiger partial charge in [0, 0.05) is 32.1 Å². The highest BCUT2D eigenvalue weighted by atomic mass is 32.2. The van der Waals surface area contributed by atoms with E-state index in [2.05, 4.69) is 22.3 Å². The van der Waals surface area contributed by atoms with Gasteiger partial charge in [-0.15, -0.1) is 0 Å². The Kier molecular flexibility index (Phi) is 6.29. The molecule has 0 aromatic heterocycles. The van der Waals surface area contributed by atoms with E-state index in [0.717, 1.165) is 31.6 Å². The SMILES string of the molecule is Cc1ccc(S(=O)(=O)CCC(=O)NC2CCN(Cc3ccccc3)C2)cc1. The van der Waals surface area contributed by atoms with Crippen LogP contribution in [0.5, 0.6) is 0 Å². The van der Waals surface area contributed by atoms with Gasteiger partial charge in [-0.05, 0) is 31.0 Å². The molecule has 3 rings (SSSR count). The number of aryl methyl sites for hydroxylation is 1. The Balaban J connectivity index is 1.45. The quantitative estimate of drug-likeness (QED) is 0.794. The van der Waals surface area contributed by atoms with Crippen LogP contribution in [0, 0.1) is 6.92 Å². The molecular formula is C21H26N2O3S. The average Bonchev–Trinajstić information content (AvgIpc) is 3.08. The molecule has 6 heteroatoms. The van der Waals surface area contributed by atoms with Crippen molar-refractivity contribution in [3.63, 3.8) is 0 Å². The predicted molar refractivity (Wildman–Crippen MR) is 106 cm³/mol. The highest BCUT2D eigenvalue weighted by Crippen LogP contribution is 2.15. The van der Waals surface area contributed by atoms with E-state index < -0.39 is 9.84 Å². The number of rotatable bonds is 7. The number of benzene rings is 2. The summed E-state index contributed by atoms with van der Waals surface area (Å²) in [6.45, 7) is 4.51. The van der Waals surface area contributed by atoms with Gasteiger partial charge in [0.05, 0.1) is 10.6 Å². The first-order valence-corrected chi connectivity index (χ1v) is 10.9. The molecule has 0 spiro atoms. The molecule has 1 saturated heterocycles. The summed E-state index contributed by atoms with van der Waals surface area (Å²) in [6, 6.07) is 17.1. The third-order valence-corrected chi connectivity index (χ3v) is 6.60. The summed E-state index contributed by atoms with van der Waals surface area (Å²) in [7, 11) is -3.43. The van der Waals surface area contributed by atoms with Crippen LogP contribution in [0.25, 0.3) is 0 Å². The summed E-state index contributed by atoms with van der Waals surface area (Å²) in [5.74, 6) is -0.361. The Hall–Kier alpha value is -2.18. The number of carbonyl (C=O) groups is 1. The zero-order valence-corrected chi connectivity index (χ0v) is 16.4. The molecule has 1 aliphatic heterocycles. The lowest BCUT2D eigenvalue weighted by Crippen LogP contribution is -2.37. The lowest BCUT2D eigenvalue weighted by molar-refractivity contribution is -0.121. The lowest BCUT2D eigenvalue weighted by Gasteiger charge is -2.17. The molecule has 5 nitrogen and oxygen atoms in total. The maximum atomic E-state index is 12.4. The largest absolute Gasteiger partial charge is 0.352 e. The van der Waals surface area contributed by atoms with Crippen LogP contribution in [0.2, 0.25) is 0 Å². The summed E-state index contributed by atoms with van der Waals surface area (Å²) in [6.07, 6.45) is 0.884. The summed E-state index contributed by atoms with van der Waals surface area (Å²) in [5, 5.41) is 2.98. The van der Waals surface area contributed by atoms with E-state index in [0.29, 0.717) is 0 Å². The van der Waals surface area contributed by atoms with Crippen LogP contribution >= 0.6 is 0 Å². The number of carbonyl (C=O) groups excluding carboxylic acids is 1. The van der Waals surface area contributed by atoms with Crippen molar-refractivity contribution in [2.24, 2.45) is 0 Å². The summed E-state index contributed by atoms with van der Waals surface area (Å²) in [5.41, 5.74) is 2.27. The van der Waals surface area contributed by atoms with E-state index in [1.807, 2.05) is 25.1 Å². The van der Waals surface area contributed by atoms with Crippen molar-refractivity contribution in [1.29, 1.82) is 0 Å². The highest BCUT2D eigenvalue weighted by Gasteiger charge is 2.24. The van der Waals surface area contributed by atoms with Crippen LogP contribution in [-0.4, -0.2) is 44.1 Å². The second-order valence-corrected chi connectivity index (χ2v) is 9.26. The first-order valence-electron chi connectivity index (χ1n) is 9.27. The molecule has 1 unspecified atom stereocenters. The maximum Gasteiger partial charge on any atom is 0.221 e. The Morgan fingerprint density at radius 3 is 2.52 bits per heavy atom. The fraction of sp³-hybridized carbons (Fsp3) is 0.381. The van der Waals surface area contributed by atoms with E-state index in [1.54, 1.807) is 24.3 Å². The van der Waals surface area contributed by atoms with Crippen molar-refractivity contribution in [1.82, 2.24) is 10.2 Å². The van der Waals surface area contributed by atoms with Gasteiger partial charge >= 0.3 is 0 Å². The second kappa shape index (κ2) is 8.67. The van der Waals surface area contributed by atoms with Gasteiger partial charge in [-0.2, -0.15) is 0 Å². The minimum Gasteiger partial charge on any atom is -0.352 e. The topological polar surface area (TPSA) is 66.5 Å². The molecule has 1 heterocycles. The van der Waals surface area contributed by atoms with E-state index in [1.165, 1.54) is 5.56 Å². The third kappa shape index (κ3) is 5.65. The molecule has 0 bridgehead atoms. The highest BCUT2D eigenvalue weighted by molar-refractivity contribution is 7.91. The predicted octanol–water partition coefficient (Wildman–Crippen LogP) is 2.55. The van der Waals surface area contributed by atoms with Crippen LogP contribution in [0.4, 0.5) is 0 Å². The monoisotopic (exact) mass is 386 g/mol. The van der Waals surface area contributed by atoms with E-state index >= 15 is 0 Å². The number of hydrogen-bond donors (Lipinski definition) is 1. The smallest absolute Gasteiger partial charge is 0.221 e. The Labute approximate surface area is 161 Å². The summed E-state index contributed by atoms with van der Waals surface area (Å²) in [4.78, 5) is 14.8. The van der Waals surface area contributed by atoms with Crippen molar-refractivity contribution in [3.8, 4) is 0 Å². The summed E-state index contributed by atoms with van der Waals surface area (Å²) >= 11 is 0. The van der Waals surface area contributed by atoms with E-state index in [-0.39, 0.29) is 29.0 Å². The molecule has 0 radical (unpaired) electrons. The summed E-state index contributed by atoms with van der Waals surface area (Å²) < 4.78 is 24.7. The molecule has 2 aromatic rings. The zero-order valence-electron chi connectivity index (χ0n) is 15.6. The van der Waals surface area contributed by atoms with E-state index in [4.69, 9.17) is 0 Å². The Morgan fingerprint density at radius 1 is 1.11 bits per heavy atom. The van der Waals surface area contributed by atoms with Gasteiger partial charge in [0.1, 0.15) is 0 Å². The van der Waals surface area contributed by atoms with Crippen molar-refractivity contribution < 1.29 is 13.2 Å². The lowest BCUT2D eigenvalue weighted by atomic mass is 10.2. The molecule has 1 aliphatic rings. The van der Waals surface area contributed by atoms with Crippen molar-refractivity contribution in [2.75, 3.05) is 18.8 Å². The van der Waals surface area contributed by atoms with Crippen LogP contribution in [0.15, 0.2) is 59.5 Å². The zero-order chi connectivity index (χ0) is 19.3. The standard InChI is InChI=1S/C21H26N2O3S/c1-17-7-9-20(10-8-17)27(25,26)14-12-21(24)22-19-11-13-23(16-19)15-18-5-3-2-4-6-18/h2-10,19H,11-16H2,1H3,(H,22,24). The first kappa shape index (κ1) is 19.6. The van der Waals surface area contributed by atoms with Gasteiger partial charge in [0.15, 0.2) is 9.84 Å². The molecule has 0 aliphatic carbocycles. The number of hydrogen-bond acceptors (Lipinski definition) is 4. The number of amides is 1. The number of likely N-dealkylation sites (tertiary alicyclic amines) is 1. The average molecular weight is 387 g/mol. The second-order valence-electron chi connectivity index (χ2n) is 7.16. The first-order chi connectivity index (χ1) is 12.9. The Bertz CT molecular complexity index is 864. The van der Waals surface area contributed by atoms with Crippen molar-refractivity contribution in [3.05, 3.63) is 65.7 Å². The van der Waals surface area contributed by atoms with Gasteiger partial charge < -0.3 is 5.32 Å². The molecule has 1 N–H and O–H groups in total. The number of nitrogens with zero attached hydrogens (tertiary/aromatic N) is 1. The van der Waals surface area contributed by atoms with Crippen LogP contribution < -0.4 is 5.32 Å². The van der Waals surface area contributed by atoms with E-state index in [9.17, 15) is 13.2 Å². The minimum atomic E-state index is -3.43. The molecule has 27 heavy (non-hydrogen) atoms. The van der Waals surface area contributed by atoms with Gasteiger partial charge in [0.2, 0.25) is 5.91 Å². The van der Waals surface area contributed by atoms with Gasteiger partial charge in [-0.25, -0.2) is 8.42 Å². The number of sulfone groups is 1.